The number of nitrogens with one attached hydrogen (secondary N) is 3. The van der Waals surface area contributed by atoms with Gasteiger partial charge >= 0.3 is 0 Å². The van der Waals surface area contributed by atoms with Crippen molar-refractivity contribution >= 4 is 40.3 Å². The molecule has 0 bridgehead atoms. The smallest absolute Gasteiger partial charge is 0.257 e. The Morgan fingerprint density at radius 1 is 0.812 bits per heavy atom. The average molecular weight is 448 g/mol. The summed E-state index contributed by atoms with van der Waals surface area (Å²) < 4.78 is 5.72. The van der Waals surface area contributed by atoms with Gasteiger partial charge in [-0.05, 0) is 79.3 Å². The van der Waals surface area contributed by atoms with E-state index in [1.54, 1.807) is 12.1 Å². The molecule has 3 rings (SSSR count). The first kappa shape index (κ1) is 23.3. The van der Waals surface area contributed by atoms with Crippen LogP contribution in [-0.4, -0.2) is 17.6 Å². The molecule has 0 aliphatic carbocycles. The lowest BCUT2D eigenvalue weighted by Crippen LogP contribution is -2.34. The maximum absolute atomic E-state index is 12.5. The zero-order valence-electron chi connectivity index (χ0n) is 18.3. The highest BCUT2D eigenvalue weighted by molar-refractivity contribution is 7.80. The minimum atomic E-state index is -0.264. The van der Waals surface area contributed by atoms with Crippen LogP contribution in [0.2, 0.25) is 0 Å². The average Bonchev–Trinajstić information content (AvgIpc) is 2.81. The van der Waals surface area contributed by atoms with E-state index in [9.17, 15) is 4.79 Å². The van der Waals surface area contributed by atoms with Crippen LogP contribution in [0.15, 0.2) is 78.9 Å². The van der Waals surface area contributed by atoms with E-state index in [0.29, 0.717) is 12.2 Å². The largest absolute Gasteiger partial charge is 0.494 e. The van der Waals surface area contributed by atoms with Gasteiger partial charge in [0.25, 0.3) is 5.91 Å². The molecule has 0 aliphatic heterocycles. The van der Waals surface area contributed by atoms with Crippen molar-refractivity contribution in [1.82, 2.24) is 5.32 Å². The molecule has 0 aromatic heterocycles. The van der Waals surface area contributed by atoms with Crippen molar-refractivity contribution in [3.63, 3.8) is 0 Å². The van der Waals surface area contributed by atoms with Gasteiger partial charge in [-0.3, -0.25) is 10.1 Å². The lowest BCUT2D eigenvalue weighted by Gasteiger charge is -2.11. The second-order valence-corrected chi connectivity index (χ2v) is 7.82. The van der Waals surface area contributed by atoms with Crippen LogP contribution in [0, 0.1) is 0 Å². The Labute approximate surface area is 195 Å². The molecule has 0 radical (unpaired) electrons. The molecule has 32 heavy (non-hydrogen) atoms. The van der Waals surface area contributed by atoms with Gasteiger partial charge in [0.05, 0.1) is 6.61 Å². The molecule has 0 heterocycles. The number of carbonyl (C=O) groups is 1. The van der Waals surface area contributed by atoms with Crippen LogP contribution in [0.3, 0.4) is 0 Å². The maximum Gasteiger partial charge on any atom is 0.257 e. The molecule has 166 valence electrons. The van der Waals surface area contributed by atoms with Gasteiger partial charge in [-0.15, -0.1) is 0 Å². The monoisotopic (exact) mass is 447 g/mol. The zero-order valence-corrected chi connectivity index (χ0v) is 19.1. The summed E-state index contributed by atoms with van der Waals surface area (Å²) in [6.45, 7) is 2.88. The summed E-state index contributed by atoms with van der Waals surface area (Å²) in [6.07, 6.45) is 4.65. The third-order valence-corrected chi connectivity index (χ3v) is 5.02. The number of amides is 1. The molecule has 0 aliphatic rings. The fourth-order valence-corrected chi connectivity index (χ4v) is 3.29. The molecule has 6 heteroatoms. The van der Waals surface area contributed by atoms with E-state index in [4.69, 9.17) is 17.0 Å². The quantitative estimate of drug-likeness (QED) is 0.244. The summed E-state index contributed by atoms with van der Waals surface area (Å²) in [6, 6.07) is 24.7. The molecule has 5 nitrogen and oxygen atoms in total. The number of carbonyl (C=O) groups excluding carboxylic acids is 1. The molecule has 1 amide bonds. The Balaban J connectivity index is 1.44. The van der Waals surface area contributed by atoms with Crippen LogP contribution in [0.25, 0.3) is 0 Å². The predicted octanol–water partition coefficient (Wildman–Crippen LogP) is 6.52. The number of anilines is 3. The molecule has 3 aromatic carbocycles. The fourth-order valence-electron chi connectivity index (χ4n) is 3.08. The Kier molecular flexibility index (Phi) is 9.07. The van der Waals surface area contributed by atoms with Gasteiger partial charge in [-0.1, -0.05) is 44.4 Å². The Hall–Kier alpha value is -3.38. The van der Waals surface area contributed by atoms with Gasteiger partial charge in [0.1, 0.15) is 5.75 Å². The molecule has 0 spiro atoms. The summed E-state index contributed by atoms with van der Waals surface area (Å²) in [5, 5.41) is 9.32. The lowest BCUT2D eigenvalue weighted by atomic mass is 10.2. The third kappa shape index (κ3) is 7.71. The van der Waals surface area contributed by atoms with Gasteiger partial charge in [0.2, 0.25) is 0 Å². The van der Waals surface area contributed by atoms with Gasteiger partial charge in [0.15, 0.2) is 5.11 Å². The van der Waals surface area contributed by atoms with Crippen molar-refractivity contribution in [3.8, 4) is 5.75 Å². The molecular formula is C26H29N3O2S. The molecule has 0 atom stereocenters. The highest BCUT2D eigenvalue weighted by Crippen LogP contribution is 2.19. The maximum atomic E-state index is 12.5. The van der Waals surface area contributed by atoms with Crippen molar-refractivity contribution in [2.75, 3.05) is 17.2 Å². The van der Waals surface area contributed by atoms with E-state index in [1.165, 1.54) is 19.3 Å². The second kappa shape index (κ2) is 12.5. The summed E-state index contributed by atoms with van der Waals surface area (Å²) in [4.78, 5) is 12.5. The minimum Gasteiger partial charge on any atom is -0.494 e. The number of unbranched alkanes of at least 4 members (excludes halogenated alkanes) is 3. The number of benzene rings is 3. The number of ether oxygens (including phenoxy) is 1. The second-order valence-electron chi connectivity index (χ2n) is 7.41. The van der Waals surface area contributed by atoms with Crippen molar-refractivity contribution in [2.45, 2.75) is 32.6 Å². The Morgan fingerprint density at radius 3 is 2.16 bits per heavy atom. The molecule has 0 saturated carbocycles. The summed E-state index contributed by atoms with van der Waals surface area (Å²) in [5.41, 5.74) is 3.30. The van der Waals surface area contributed by atoms with Crippen molar-refractivity contribution in [3.05, 3.63) is 84.4 Å². The van der Waals surface area contributed by atoms with Gasteiger partial charge < -0.3 is 15.4 Å². The molecule has 3 N–H and O–H groups in total. The number of hydrogen-bond acceptors (Lipinski definition) is 4. The van der Waals surface area contributed by atoms with Crippen molar-refractivity contribution in [2.24, 2.45) is 0 Å². The molecular weight excluding hydrogens is 418 g/mol. The van der Waals surface area contributed by atoms with Crippen LogP contribution in [0.5, 0.6) is 5.75 Å². The molecule has 0 unspecified atom stereocenters. The first-order chi connectivity index (χ1) is 15.6. The van der Waals surface area contributed by atoms with Gasteiger partial charge in [0, 0.05) is 22.6 Å². The van der Waals surface area contributed by atoms with Crippen LogP contribution >= 0.6 is 12.2 Å². The van der Waals surface area contributed by atoms with E-state index >= 15 is 0 Å². The zero-order chi connectivity index (χ0) is 22.6. The highest BCUT2D eigenvalue weighted by atomic mass is 32.1. The number of hydrogen-bond donors (Lipinski definition) is 3. The third-order valence-electron chi connectivity index (χ3n) is 4.82. The summed E-state index contributed by atoms with van der Waals surface area (Å²) >= 11 is 5.28. The number of rotatable bonds is 10. The Bertz CT molecular complexity index is 990. The number of thiocarbonyl (C=S) groups is 1. The number of para-hydroxylation sites is 1. The molecule has 3 aromatic rings. The fraction of sp³-hybridized carbons (Fsp3) is 0.231. The lowest BCUT2D eigenvalue weighted by molar-refractivity contribution is 0.0977. The SMILES string of the molecule is CCCCCCOc1ccc(C(=O)NC(=S)Nc2ccc(Nc3ccccc3)cc2)cc1. The topological polar surface area (TPSA) is 62.4 Å². The van der Waals surface area contributed by atoms with E-state index in [0.717, 1.165) is 29.2 Å². The predicted molar refractivity (Wildman–Crippen MR) is 136 cm³/mol. The van der Waals surface area contributed by atoms with Crippen LogP contribution < -0.4 is 20.7 Å². The van der Waals surface area contributed by atoms with Crippen molar-refractivity contribution in [1.29, 1.82) is 0 Å². The summed E-state index contributed by atoms with van der Waals surface area (Å²) in [5.74, 6) is 0.502. The molecule has 0 saturated heterocycles. The molecule has 0 fully saturated rings. The van der Waals surface area contributed by atoms with E-state index in [1.807, 2.05) is 66.7 Å². The van der Waals surface area contributed by atoms with Crippen LogP contribution in [0.4, 0.5) is 17.1 Å². The Morgan fingerprint density at radius 2 is 1.47 bits per heavy atom. The van der Waals surface area contributed by atoms with E-state index < -0.39 is 0 Å². The normalized spacial score (nSPS) is 10.3. The van der Waals surface area contributed by atoms with Crippen LogP contribution in [0.1, 0.15) is 43.0 Å². The standard InChI is InChI=1S/C26H29N3O2S/c1-2-3-4-8-19-31-24-17-11-20(12-18-24)25(30)29-26(32)28-23-15-13-22(14-16-23)27-21-9-6-5-7-10-21/h5-7,9-18,27H,2-4,8,19H2,1H3,(H2,28,29,30,32). The first-order valence-electron chi connectivity index (χ1n) is 10.9. The minimum absolute atomic E-state index is 0.245. The van der Waals surface area contributed by atoms with Crippen LogP contribution in [-0.2, 0) is 0 Å². The van der Waals surface area contributed by atoms with E-state index in [-0.39, 0.29) is 11.0 Å². The van der Waals surface area contributed by atoms with Gasteiger partial charge in [-0.25, -0.2) is 0 Å². The van der Waals surface area contributed by atoms with E-state index in [2.05, 4.69) is 22.9 Å². The first-order valence-corrected chi connectivity index (χ1v) is 11.3. The summed E-state index contributed by atoms with van der Waals surface area (Å²) in [7, 11) is 0. The highest BCUT2D eigenvalue weighted by Gasteiger charge is 2.08. The van der Waals surface area contributed by atoms with Gasteiger partial charge in [-0.2, -0.15) is 0 Å². The van der Waals surface area contributed by atoms with Crippen molar-refractivity contribution < 1.29 is 9.53 Å².